The molecule has 0 atom stereocenters. The summed E-state index contributed by atoms with van der Waals surface area (Å²) in [6.45, 7) is 3.31. The van der Waals surface area contributed by atoms with Crippen molar-refractivity contribution in [2.45, 2.75) is 44.7 Å². The van der Waals surface area contributed by atoms with Gasteiger partial charge in [0.05, 0.1) is 33.2 Å². The summed E-state index contributed by atoms with van der Waals surface area (Å²) in [6.07, 6.45) is 0.431. The number of fused-ring (bicyclic) bond motifs is 2. The van der Waals surface area contributed by atoms with E-state index in [1.807, 2.05) is 0 Å². The van der Waals surface area contributed by atoms with E-state index in [4.69, 9.17) is 20.3 Å². The normalized spacial score (nSPS) is 12.9. The van der Waals surface area contributed by atoms with Crippen molar-refractivity contribution in [1.29, 1.82) is 0 Å². The molecule has 37 heteroatoms. The summed E-state index contributed by atoms with van der Waals surface area (Å²) in [6, 6.07) is 12.5. The van der Waals surface area contributed by atoms with E-state index in [1.165, 1.54) is 19.1 Å². The van der Waals surface area contributed by atoms with E-state index in [-0.39, 0.29) is 47.2 Å². The second-order valence-electron chi connectivity index (χ2n) is 16.2. The fourth-order valence-corrected chi connectivity index (χ4v) is 10.6. The number of anilines is 1. The molecule has 7 aromatic rings. The number of non-ortho nitro benzene ring substituents is 1. The molecule has 0 unspecified atom stereocenters. The lowest BCUT2D eigenvalue weighted by molar-refractivity contribution is -0.385. The van der Waals surface area contributed by atoms with Crippen molar-refractivity contribution < 1.29 is 89.7 Å². The first-order chi connectivity index (χ1) is 37.2. The number of sulfonamides is 1. The molecule has 32 nitrogen and oxygen atoms in total. The van der Waals surface area contributed by atoms with E-state index in [9.17, 15) is 85.4 Å². The number of rotatable bonds is 19. The molecule has 7 rings (SSSR count). The SMILES string of the molecule is CCCOc1cc(N=Nc2ccc(S(N)(=O)=O)cc2OC=O)c(C)cc1N=Nc1c(S(=O)(=O)O)cc2c(S(=O)(=O)O)c(N=Nc3cc(S(=O)(=O)O)c4ccc(N=Nc5ccc([N+](=O)[O-])cc5S(=O)(=O)O)c(O)c4c3N)ccc2c1O. The van der Waals surface area contributed by atoms with Gasteiger partial charge in [-0.15, -0.1) is 35.8 Å². The van der Waals surface area contributed by atoms with Gasteiger partial charge < -0.3 is 25.4 Å². The Morgan fingerprint density at radius 3 is 1.75 bits per heavy atom. The number of nitrogens with two attached hydrogens (primary N) is 2. The van der Waals surface area contributed by atoms with E-state index in [0.717, 1.165) is 54.6 Å². The maximum absolute atomic E-state index is 13.1. The topological polar surface area (TPSA) is 522 Å². The number of carbonyl (C=O) groups is 1. The third-order valence-corrected chi connectivity index (χ3v) is 15.4. The van der Waals surface area contributed by atoms with Crippen molar-refractivity contribution in [3.63, 3.8) is 0 Å². The van der Waals surface area contributed by atoms with Crippen LogP contribution >= 0.6 is 0 Å². The van der Waals surface area contributed by atoms with E-state index in [1.54, 1.807) is 6.92 Å². The molecular weight excluding hydrogens is 1170 g/mol. The van der Waals surface area contributed by atoms with Crippen molar-refractivity contribution >= 4 is 135 Å². The van der Waals surface area contributed by atoms with E-state index in [0.29, 0.717) is 24.6 Å². The molecule has 0 aromatic heterocycles. The van der Waals surface area contributed by atoms with Crippen LogP contribution in [0.3, 0.4) is 0 Å². The maximum atomic E-state index is 13.1. The van der Waals surface area contributed by atoms with Crippen LogP contribution in [0.15, 0.2) is 150 Å². The van der Waals surface area contributed by atoms with Gasteiger partial charge in [0.25, 0.3) is 52.6 Å². The second-order valence-corrected chi connectivity index (χ2v) is 23.3. The smallest absolute Gasteiger partial charge is 0.298 e. The molecule has 7 aromatic carbocycles. The zero-order chi connectivity index (χ0) is 59.0. The molecule has 0 bridgehead atoms. The number of ether oxygens (including phenoxy) is 2. The fraction of sp³-hybridized carbons (Fsp3) is 0.0930. The molecule has 0 saturated heterocycles. The van der Waals surface area contributed by atoms with Crippen molar-refractivity contribution in [2.24, 2.45) is 46.1 Å². The van der Waals surface area contributed by atoms with Crippen LogP contribution in [0, 0.1) is 17.0 Å². The Balaban J connectivity index is 1.33. The predicted molar refractivity (Wildman–Crippen MR) is 276 cm³/mol. The molecule has 0 aliphatic rings. The van der Waals surface area contributed by atoms with Crippen molar-refractivity contribution in [2.75, 3.05) is 12.3 Å². The number of nitro benzene ring substituents is 1. The third kappa shape index (κ3) is 12.5. The predicted octanol–water partition coefficient (Wildman–Crippen LogP) is 8.82. The van der Waals surface area contributed by atoms with Crippen LogP contribution in [-0.4, -0.2) is 88.5 Å². The lowest BCUT2D eigenvalue weighted by atomic mass is 10.1. The maximum Gasteiger partial charge on any atom is 0.298 e. The van der Waals surface area contributed by atoms with Gasteiger partial charge >= 0.3 is 0 Å². The fourth-order valence-electron chi connectivity index (χ4n) is 7.28. The average Bonchev–Trinajstić information content (AvgIpc) is 3.51. The molecule has 0 aliphatic carbocycles. The number of aryl methyl sites for hydroxylation is 1. The van der Waals surface area contributed by atoms with Crippen LogP contribution < -0.4 is 20.3 Å². The van der Waals surface area contributed by atoms with Gasteiger partial charge in [0.1, 0.15) is 65.1 Å². The van der Waals surface area contributed by atoms with Gasteiger partial charge in [-0.3, -0.25) is 33.1 Å². The number of primary sulfonamides is 1. The van der Waals surface area contributed by atoms with Crippen LogP contribution in [0.2, 0.25) is 0 Å². The van der Waals surface area contributed by atoms with E-state index in [2.05, 4.69) is 40.9 Å². The van der Waals surface area contributed by atoms with Gasteiger partial charge in [-0.1, -0.05) is 13.0 Å². The summed E-state index contributed by atoms with van der Waals surface area (Å²) < 4.78 is 177. The number of aromatic hydroxyl groups is 2. The Hall–Kier alpha value is -8.92. The minimum absolute atomic E-state index is 0.0119. The molecule has 0 aliphatic heterocycles. The number of carbonyl (C=O) groups excluding carboxylic acids is 1. The molecule has 0 saturated carbocycles. The second kappa shape index (κ2) is 22.1. The van der Waals surface area contributed by atoms with Crippen molar-refractivity contribution in [1.82, 2.24) is 0 Å². The molecule has 10 N–H and O–H groups in total. The van der Waals surface area contributed by atoms with E-state index < -0.39 is 153 Å². The molecule has 0 heterocycles. The first-order valence-corrected chi connectivity index (χ1v) is 28.9. The number of phenols is 2. The standard InChI is InChI=1S/C43H35N11O21S5/c1-3-12-74-34-17-30(50-46-26-9-5-22(76(45,60)61)15-33(26)75-19-55)20(2)13-31(34)51-53-40-37(79(68,69)70)16-25-23(41(40)56)6-11-29(43(25)80(71,72)73)49-52-32-18-35(77(62,63)64)24-7-10-28(42(57)38(24)39(32)44)48-47-27-8-4-21(54(58)59)14-36(27)78(65,66)67/h4-11,13-19,56-57H,3,12,44H2,1-2H3,(H2,45,60,61)(H,62,63,64)(H,65,66,67)(H,68,69,70)(H,71,72,73). The summed E-state index contributed by atoms with van der Waals surface area (Å²) in [5.41, 5.74) is 1.05. The number of benzene rings is 7. The minimum Gasteiger partial charge on any atom is -0.505 e. The van der Waals surface area contributed by atoms with Gasteiger partial charge in [-0.05, 0) is 73.5 Å². The first kappa shape index (κ1) is 58.8. The molecule has 0 fully saturated rings. The molecule has 80 heavy (non-hydrogen) atoms. The Morgan fingerprint density at radius 1 is 0.575 bits per heavy atom. The Morgan fingerprint density at radius 2 is 1.14 bits per heavy atom. The molecule has 0 spiro atoms. The highest BCUT2D eigenvalue weighted by atomic mass is 32.2. The minimum atomic E-state index is -5.60. The summed E-state index contributed by atoms with van der Waals surface area (Å²) in [5, 5.41) is 67.6. The summed E-state index contributed by atoms with van der Waals surface area (Å²) >= 11 is 0. The number of nitrogen functional groups attached to an aromatic ring is 1. The third-order valence-electron chi connectivity index (χ3n) is 10.9. The molecule has 0 radical (unpaired) electrons. The Bertz CT molecular complexity index is 4520. The number of hydrogen-bond donors (Lipinski definition) is 8. The van der Waals surface area contributed by atoms with Gasteiger partial charge in [0.15, 0.2) is 17.2 Å². The Kier molecular flexibility index (Phi) is 16.2. The number of nitrogens with zero attached hydrogens (tertiary/aromatic N) is 9. The van der Waals surface area contributed by atoms with Crippen molar-refractivity contribution in [3.8, 4) is 23.0 Å². The Labute approximate surface area is 449 Å². The molecule has 0 amide bonds. The van der Waals surface area contributed by atoms with Crippen LogP contribution in [0.5, 0.6) is 23.0 Å². The molecular formula is C43H35N11O21S5. The molecule has 418 valence electrons. The highest BCUT2D eigenvalue weighted by Crippen LogP contribution is 2.49. The number of hydrogen-bond acceptors (Lipinski definition) is 26. The van der Waals surface area contributed by atoms with Crippen LogP contribution in [0.4, 0.5) is 56.9 Å². The zero-order valence-corrected chi connectivity index (χ0v) is 44.2. The average molecular weight is 1200 g/mol. The van der Waals surface area contributed by atoms with Crippen LogP contribution in [0.1, 0.15) is 18.9 Å². The number of phenolic OH excluding ortho intramolecular Hbond substituents is 2. The lowest BCUT2D eigenvalue weighted by Gasteiger charge is -2.14. The highest BCUT2D eigenvalue weighted by molar-refractivity contribution is 7.89. The number of azo groups is 4. The van der Waals surface area contributed by atoms with E-state index >= 15 is 0 Å². The van der Waals surface area contributed by atoms with Crippen LogP contribution in [-0.2, 0) is 55.3 Å². The summed E-state index contributed by atoms with van der Waals surface area (Å²) in [7, 11) is -25.8. The van der Waals surface area contributed by atoms with Gasteiger partial charge in [0.2, 0.25) is 10.0 Å². The van der Waals surface area contributed by atoms with Gasteiger partial charge in [-0.25, -0.2) is 13.6 Å². The van der Waals surface area contributed by atoms with Crippen molar-refractivity contribution in [3.05, 3.63) is 101 Å². The summed E-state index contributed by atoms with van der Waals surface area (Å²) in [4.78, 5) is 16.3. The first-order valence-electron chi connectivity index (χ1n) is 21.5. The summed E-state index contributed by atoms with van der Waals surface area (Å²) in [5.74, 6) is -2.58. The number of nitro groups is 1. The highest BCUT2D eigenvalue weighted by Gasteiger charge is 2.29. The van der Waals surface area contributed by atoms with Gasteiger partial charge in [0, 0.05) is 40.4 Å². The quantitative estimate of drug-likeness (QED) is 0.00935. The lowest BCUT2D eigenvalue weighted by Crippen LogP contribution is -2.12. The monoisotopic (exact) mass is 1200 g/mol. The zero-order valence-electron chi connectivity index (χ0n) is 40.1. The van der Waals surface area contributed by atoms with Gasteiger partial charge in [-0.2, -0.15) is 38.8 Å². The van der Waals surface area contributed by atoms with Crippen LogP contribution in [0.25, 0.3) is 21.5 Å². The largest absolute Gasteiger partial charge is 0.505 e.